The van der Waals surface area contributed by atoms with Crippen LogP contribution in [0.1, 0.15) is 28.3 Å². The molecule has 3 aromatic carbocycles. The topological polar surface area (TPSA) is 66.8 Å². The quantitative estimate of drug-likeness (QED) is 0.271. The predicted molar refractivity (Wildman–Crippen MR) is 130 cm³/mol. The van der Waals surface area contributed by atoms with E-state index in [1.54, 1.807) is 44.4 Å². The van der Waals surface area contributed by atoms with Gasteiger partial charge in [-0.15, -0.1) is 0 Å². The lowest BCUT2D eigenvalue weighted by atomic mass is 9.93. The number of hydrogen-bond donors (Lipinski definition) is 1. The molecule has 0 spiro atoms. The second-order valence-corrected chi connectivity index (χ2v) is 8.68. The molecule has 4 rings (SSSR count). The van der Waals surface area contributed by atoms with Gasteiger partial charge in [-0.25, -0.2) is 0 Å². The van der Waals surface area contributed by atoms with Crippen molar-refractivity contribution in [3.63, 3.8) is 0 Å². The number of aliphatic hydroxyl groups is 1. The average Bonchev–Trinajstić information content (AvgIpc) is 3.06. The number of rotatable bonds is 4. The fraction of sp³-hybridized carbons (Fsp3) is 0.154. The molecule has 1 heterocycles. The van der Waals surface area contributed by atoms with Crippen LogP contribution in [0.2, 0.25) is 10.0 Å². The maximum atomic E-state index is 13.3. The van der Waals surface area contributed by atoms with Gasteiger partial charge < -0.3 is 9.84 Å². The molecule has 168 valence electrons. The second kappa shape index (κ2) is 8.93. The first kappa shape index (κ1) is 22.9. The van der Waals surface area contributed by atoms with Crippen molar-refractivity contribution in [3.05, 3.63) is 98.5 Å². The molecule has 5 nitrogen and oxygen atoms in total. The monoisotopic (exact) mass is 481 g/mol. The largest absolute Gasteiger partial charge is 0.507 e. The number of hydrogen-bond acceptors (Lipinski definition) is 4. The zero-order chi connectivity index (χ0) is 23.9. The van der Waals surface area contributed by atoms with Crippen LogP contribution in [-0.2, 0) is 9.59 Å². The molecule has 1 aliphatic heterocycles. The number of Topliss-reactive ketones (excluding diaryl/α,β-unsaturated/α-hetero) is 1. The van der Waals surface area contributed by atoms with Crippen LogP contribution in [0.5, 0.6) is 5.75 Å². The van der Waals surface area contributed by atoms with Gasteiger partial charge in [0.25, 0.3) is 11.7 Å². The van der Waals surface area contributed by atoms with Crippen molar-refractivity contribution in [2.45, 2.75) is 19.9 Å². The van der Waals surface area contributed by atoms with Crippen LogP contribution in [-0.4, -0.2) is 23.9 Å². The zero-order valence-corrected chi connectivity index (χ0v) is 19.7. The van der Waals surface area contributed by atoms with Gasteiger partial charge in [-0.2, -0.15) is 0 Å². The number of carbonyl (C=O) groups is 2. The number of benzene rings is 3. The summed E-state index contributed by atoms with van der Waals surface area (Å²) in [6, 6.07) is 16.5. The van der Waals surface area contributed by atoms with Crippen molar-refractivity contribution in [1.82, 2.24) is 0 Å². The maximum absolute atomic E-state index is 13.3. The van der Waals surface area contributed by atoms with Crippen LogP contribution in [0.3, 0.4) is 0 Å². The highest BCUT2D eigenvalue weighted by atomic mass is 35.5. The van der Waals surface area contributed by atoms with Crippen molar-refractivity contribution in [3.8, 4) is 5.75 Å². The van der Waals surface area contributed by atoms with E-state index in [1.807, 2.05) is 31.2 Å². The van der Waals surface area contributed by atoms with E-state index < -0.39 is 17.7 Å². The lowest BCUT2D eigenvalue weighted by Crippen LogP contribution is -2.29. The van der Waals surface area contributed by atoms with E-state index in [1.165, 1.54) is 11.0 Å². The molecule has 0 saturated carbocycles. The highest BCUT2D eigenvalue weighted by molar-refractivity contribution is 6.52. The van der Waals surface area contributed by atoms with Gasteiger partial charge in [-0.05, 0) is 61.4 Å². The van der Waals surface area contributed by atoms with Gasteiger partial charge in [0, 0.05) is 11.3 Å². The molecule has 1 unspecified atom stereocenters. The number of aliphatic hydroxyl groups excluding tert-OH is 1. The van der Waals surface area contributed by atoms with E-state index >= 15 is 0 Å². The van der Waals surface area contributed by atoms with Crippen LogP contribution < -0.4 is 9.64 Å². The molecule has 1 atom stereocenters. The molecule has 1 N–H and O–H groups in total. The van der Waals surface area contributed by atoms with Crippen LogP contribution in [0, 0.1) is 13.8 Å². The molecular weight excluding hydrogens is 461 g/mol. The van der Waals surface area contributed by atoms with Gasteiger partial charge in [0.15, 0.2) is 0 Å². The molecule has 3 aromatic rings. The minimum absolute atomic E-state index is 0.00457. The Balaban J connectivity index is 1.97. The summed E-state index contributed by atoms with van der Waals surface area (Å²) >= 11 is 12.3. The Bertz CT molecular complexity index is 1320. The molecule has 1 fully saturated rings. The fourth-order valence-corrected chi connectivity index (χ4v) is 4.36. The molecule has 1 saturated heterocycles. The zero-order valence-electron chi connectivity index (χ0n) is 18.2. The number of ketones is 1. The fourth-order valence-electron chi connectivity index (χ4n) is 4.06. The third-order valence-corrected chi connectivity index (χ3v) is 6.41. The van der Waals surface area contributed by atoms with E-state index in [0.717, 1.165) is 5.56 Å². The summed E-state index contributed by atoms with van der Waals surface area (Å²) in [4.78, 5) is 27.9. The minimum atomic E-state index is -0.844. The number of nitrogens with zero attached hydrogens (tertiary/aromatic N) is 1. The Morgan fingerprint density at radius 3 is 2.36 bits per heavy atom. The Kier molecular flexibility index (Phi) is 6.19. The number of amides is 1. The van der Waals surface area contributed by atoms with E-state index in [0.29, 0.717) is 33.1 Å². The normalized spacial score (nSPS) is 17.5. The third kappa shape index (κ3) is 4.10. The summed E-state index contributed by atoms with van der Waals surface area (Å²) in [5.74, 6) is -1.16. The van der Waals surface area contributed by atoms with Gasteiger partial charge in [0.2, 0.25) is 0 Å². The van der Waals surface area contributed by atoms with Crippen molar-refractivity contribution in [2.24, 2.45) is 0 Å². The standard InChI is InChI=1S/C26H21Cl2NO4/c1-14-5-4-6-16(11-14)23-22(24(30)19-9-8-18(33-3)12-15(19)2)25(31)26(32)29(23)17-7-10-20(27)21(28)13-17/h4-13,23,30H,1-3H3/b24-22+. The van der Waals surface area contributed by atoms with Gasteiger partial charge in [0.05, 0.1) is 28.8 Å². The third-order valence-electron chi connectivity index (χ3n) is 5.67. The first-order valence-corrected chi connectivity index (χ1v) is 11.0. The predicted octanol–water partition coefficient (Wildman–Crippen LogP) is 6.25. The highest BCUT2D eigenvalue weighted by Crippen LogP contribution is 2.43. The van der Waals surface area contributed by atoms with Crippen LogP contribution in [0.4, 0.5) is 5.69 Å². The number of ether oxygens (including phenoxy) is 1. The molecule has 0 aliphatic carbocycles. The first-order valence-electron chi connectivity index (χ1n) is 10.2. The highest BCUT2D eigenvalue weighted by Gasteiger charge is 2.47. The summed E-state index contributed by atoms with van der Waals surface area (Å²) in [6.45, 7) is 3.72. The van der Waals surface area contributed by atoms with Crippen molar-refractivity contribution >= 4 is 46.3 Å². The summed E-state index contributed by atoms with van der Waals surface area (Å²) in [7, 11) is 1.55. The Labute approximate surface area is 201 Å². The lowest BCUT2D eigenvalue weighted by molar-refractivity contribution is -0.132. The first-order chi connectivity index (χ1) is 15.7. The molecule has 1 amide bonds. The summed E-state index contributed by atoms with van der Waals surface area (Å²) in [6.07, 6.45) is 0. The Hall–Kier alpha value is -3.28. The maximum Gasteiger partial charge on any atom is 0.300 e. The number of aryl methyl sites for hydroxylation is 2. The number of methoxy groups -OCH3 is 1. The molecule has 0 radical (unpaired) electrons. The van der Waals surface area contributed by atoms with Crippen molar-refractivity contribution in [1.29, 1.82) is 0 Å². The molecule has 33 heavy (non-hydrogen) atoms. The van der Waals surface area contributed by atoms with Crippen molar-refractivity contribution < 1.29 is 19.4 Å². The van der Waals surface area contributed by atoms with Crippen LogP contribution in [0.15, 0.2) is 66.2 Å². The van der Waals surface area contributed by atoms with Gasteiger partial charge in [-0.1, -0.05) is 53.0 Å². The summed E-state index contributed by atoms with van der Waals surface area (Å²) in [5.41, 5.74) is 3.20. The van der Waals surface area contributed by atoms with Crippen LogP contribution >= 0.6 is 23.2 Å². The van der Waals surface area contributed by atoms with Gasteiger partial charge in [-0.3, -0.25) is 14.5 Å². The summed E-state index contributed by atoms with van der Waals surface area (Å²) < 4.78 is 5.24. The smallest absolute Gasteiger partial charge is 0.300 e. The van der Waals surface area contributed by atoms with E-state index in [-0.39, 0.29) is 16.4 Å². The molecule has 7 heteroatoms. The Morgan fingerprint density at radius 2 is 1.73 bits per heavy atom. The second-order valence-electron chi connectivity index (χ2n) is 7.86. The van der Waals surface area contributed by atoms with Crippen molar-refractivity contribution in [2.75, 3.05) is 12.0 Å². The number of halogens is 2. The number of anilines is 1. The molecule has 1 aliphatic rings. The molecule has 0 bridgehead atoms. The molecular formula is C26H21Cl2NO4. The lowest BCUT2D eigenvalue weighted by Gasteiger charge is -2.26. The SMILES string of the molecule is COc1ccc(/C(O)=C2\C(=O)C(=O)N(c3ccc(Cl)c(Cl)c3)C2c2cccc(C)c2)c(C)c1. The van der Waals surface area contributed by atoms with Gasteiger partial charge in [0.1, 0.15) is 11.5 Å². The van der Waals surface area contributed by atoms with Crippen LogP contribution in [0.25, 0.3) is 5.76 Å². The Morgan fingerprint density at radius 1 is 0.970 bits per heavy atom. The molecule has 0 aromatic heterocycles. The minimum Gasteiger partial charge on any atom is -0.507 e. The van der Waals surface area contributed by atoms with E-state index in [4.69, 9.17) is 27.9 Å². The van der Waals surface area contributed by atoms with E-state index in [2.05, 4.69) is 0 Å². The average molecular weight is 482 g/mol. The summed E-state index contributed by atoms with van der Waals surface area (Å²) in [5, 5.41) is 11.9. The van der Waals surface area contributed by atoms with Gasteiger partial charge >= 0.3 is 0 Å². The number of carbonyl (C=O) groups excluding carboxylic acids is 2. The van der Waals surface area contributed by atoms with E-state index in [9.17, 15) is 14.7 Å².